The molecule has 2 unspecified atom stereocenters. The summed E-state index contributed by atoms with van der Waals surface area (Å²) in [5, 5.41) is 4.81. The van der Waals surface area contributed by atoms with E-state index in [1.54, 1.807) is 31.3 Å². The van der Waals surface area contributed by atoms with Crippen molar-refractivity contribution >= 4 is 49.9 Å². The molecule has 2 atom stereocenters. The van der Waals surface area contributed by atoms with Gasteiger partial charge in [-0.25, -0.2) is 14.3 Å². The van der Waals surface area contributed by atoms with Crippen molar-refractivity contribution in [3.8, 4) is 0 Å². The highest BCUT2D eigenvalue weighted by molar-refractivity contribution is 9.10. The summed E-state index contributed by atoms with van der Waals surface area (Å²) in [6.45, 7) is 1.87. The molecular formula is C18H21BrN4O3S2. The molecule has 1 aromatic carbocycles. The van der Waals surface area contributed by atoms with Crippen LogP contribution in [0.5, 0.6) is 0 Å². The molecule has 2 aliphatic rings. The lowest BCUT2D eigenvalue weighted by atomic mass is 9.95. The molecule has 0 saturated heterocycles. The number of hydrogen-bond acceptors (Lipinski definition) is 7. The van der Waals surface area contributed by atoms with Crippen molar-refractivity contribution in [3.63, 3.8) is 0 Å². The molecule has 0 radical (unpaired) electrons. The monoisotopic (exact) mass is 484 g/mol. The van der Waals surface area contributed by atoms with Crippen molar-refractivity contribution in [2.45, 2.75) is 30.6 Å². The summed E-state index contributed by atoms with van der Waals surface area (Å²) in [6.07, 6.45) is 1.86. The average Bonchev–Trinajstić information content (AvgIpc) is 3.38. The van der Waals surface area contributed by atoms with Crippen LogP contribution in [-0.4, -0.2) is 42.6 Å². The minimum atomic E-state index is -3.22. The van der Waals surface area contributed by atoms with Crippen LogP contribution in [0, 0.1) is 5.92 Å². The molecule has 1 fully saturated rings. The Morgan fingerprint density at radius 2 is 2.04 bits per heavy atom. The topological polar surface area (TPSA) is 98.1 Å². The zero-order valence-electron chi connectivity index (χ0n) is 15.4. The molecule has 3 N–H and O–H groups in total. The summed E-state index contributed by atoms with van der Waals surface area (Å²) < 4.78 is 24.3. The number of rotatable bonds is 3. The first-order valence-electron chi connectivity index (χ1n) is 8.82. The molecule has 1 saturated carbocycles. The van der Waals surface area contributed by atoms with E-state index in [4.69, 9.17) is 4.99 Å². The normalized spacial score (nSPS) is 27.8. The van der Waals surface area contributed by atoms with Crippen LogP contribution >= 0.6 is 38.0 Å². The number of nitrogens with zero attached hydrogens (tertiary/aromatic N) is 3. The van der Waals surface area contributed by atoms with Gasteiger partial charge in [-0.2, -0.15) is 0 Å². The maximum absolute atomic E-state index is 12.7. The summed E-state index contributed by atoms with van der Waals surface area (Å²) in [7, 11) is -1.66. The van der Waals surface area contributed by atoms with Gasteiger partial charge in [-0.1, -0.05) is 18.2 Å². The number of hydrogen-bond donors (Lipinski definition) is 3. The molecule has 150 valence electrons. The zero-order chi connectivity index (χ0) is 20.1. The minimum absolute atomic E-state index is 0.138. The van der Waals surface area contributed by atoms with Crippen LogP contribution in [0.2, 0.25) is 0 Å². The van der Waals surface area contributed by atoms with E-state index in [1.165, 1.54) is 15.6 Å². The highest BCUT2D eigenvalue weighted by Crippen LogP contribution is 2.64. The number of benzene rings is 1. The van der Waals surface area contributed by atoms with Crippen molar-refractivity contribution in [2.24, 2.45) is 10.9 Å². The Hall–Kier alpha value is -1.46. The first-order valence-corrected chi connectivity index (χ1v) is 12.1. The molecule has 1 aromatic heterocycles. The fourth-order valence-corrected chi connectivity index (χ4v) is 7.33. The van der Waals surface area contributed by atoms with Crippen LogP contribution in [0.25, 0.3) is 0 Å². The molecule has 2 heterocycles. The Kier molecular flexibility index (Phi) is 5.03. The van der Waals surface area contributed by atoms with E-state index in [1.807, 2.05) is 18.4 Å². The van der Waals surface area contributed by atoms with E-state index in [9.17, 15) is 13.9 Å². The maximum atomic E-state index is 12.7. The first kappa shape index (κ1) is 19.8. The summed E-state index contributed by atoms with van der Waals surface area (Å²) >= 11 is 4.79. The van der Waals surface area contributed by atoms with Crippen molar-refractivity contribution in [3.05, 3.63) is 50.9 Å². The van der Waals surface area contributed by atoms with Crippen molar-refractivity contribution in [1.82, 2.24) is 14.6 Å². The molecular weight excluding hydrogens is 464 g/mol. The van der Waals surface area contributed by atoms with Crippen LogP contribution in [-0.2, 0) is 5.54 Å². The number of amides is 1. The molecule has 10 heteroatoms. The molecule has 0 spiro atoms. The van der Waals surface area contributed by atoms with Gasteiger partial charge in [0.25, 0.3) is 5.91 Å². The lowest BCUT2D eigenvalue weighted by molar-refractivity contribution is 0.0973. The molecule has 4 rings (SSSR count). The van der Waals surface area contributed by atoms with Gasteiger partial charge in [0, 0.05) is 18.0 Å². The Labute approximate surface area is 177 Å². The fourth-order valence-electron chi connectivity index (χ4n) is 3.60. The third kappa shape index (κ3) is 3.37. The van der Waals surface area contributed by atoms with Gasteiger partial charge in [0.2, 0.25) is 5.96 Å². The lowest BCUT2D eigenvalue weighted by Gasteiger charge is -2.55. The maximum Gasteiger partial charge on any atom is 0.257 e. The second kappa shape index (κ2) is 7.10. The van der Waals surface area contributed by atoms with E-state index in [2.05, 4.69) is 26.2 Å². The third-order valence-corrected chi connectivity index (χ3v) is 9.44. The summed E-state index contributed by atoms with van der Waals surface area (Å²) in [5.41, 5.74) is -0.472. The largest absolute Gasteiger partial charge is 0.291 e. The number of nitrogens with one attached hydrogen (secondary N) is 1. The Morgan fingerprint density at radius 1 is 1.36 bits per heavy atom. The van der Waals surface area contributed by atoms with Crippen LogP contribution in [0.3, 0.4) is 0 Å². The van der Waals surface area contributed by atoms with Gasteiger partial charge >= 0.3 is 0 Å². The van der Waals surface area contributed by atoms with Crippen molar-refractivity contribution in [1.29, 1.82) is 0 Å². The summed E-state index contributed by atoms with van der Waals surface area (Å²) in [4.78, 5) is 22.0. The first-order chi connectivity index (χ1) is 13.2. The van der Waals surface area contributed by atoms with E-state index in [0.29, 0.717) is 15.2 Å². The van der Waals surface area contributed by atoms with E-state index in [-0.39, 0.29) is 17.8 Å². The molecule has 1 aliphatic heterocycles. The lowest BCUT2D eigenvalue weighted by Crippen LogP contribution is -2.56. The van der Waals surface area contributed by atoms with Gasteiger partial charge in [-0.3, -0.25) is 19.2 Å². The second-order valence-electron chi connectivity index (χ2n) is 7.20. The van der Waals surface area contributed by atoms with Crippen LogP contribution in [0.4, 0.5) is 0 Å². The number of halogens is 1. The van der Waals surface area contributed by atoms with Gasteiger partial charge < -0.3 is 0 Å². The SMILES string of the molecule is CN1C(NC(=O)c2ccccc2)=NC(C)(c2nc(Br)cs2)C(C2CC2)S1(O)O. The molecule has 28 heavy (non-hydrogen) atoms. The molecule has 0 bridgehead atoms. The van der Waals surface area contributed by atoms with Crippen LogP contribution in [0.1, 0.15) is 35.1 Å². The van der Waals surface area contributed by atoms with Crippen molar-refractivity contribution < 1.29 is 13.9 Å². The molecule has 1 aliphatic carbocycles. The molecule has 1 amide bonds. The minimum Gasteiger partial charge on any atom is -0.291 e. The van der Waals surface area contributed by atoms with Crippen LogP contribution in [0.15, 0.2) is 45.3 Å². The highest BCUT2D eigenvalue weighted by Gasteiger charge is 2.58. The quantitative estimate of drug-likeness (QED) is 0.603. The number of aliphatic imine (C=N–C) groups is 1. The Morgan fingerprint density at radius 3 is 2.61 bits per heavy atom. The molecule has 7 nitrogen and oxygen atoms in total. The standard InChI is InChI=1S/C18H21BrN4O3S2/c1-18(16-20-13(19)10-27-16)14(11-8-9-11)28(25,26)23(2)17(22-18)21-15(24)12-6-4-3-5-7-12/h3-7,10-11,14,25-26H,8-9H2,1-2H3,(H,21,22,24). The Bertz CT molecular complexity index is 932. The Balaban J connectivity index is 1.77. The smallest absolute Gasteiger partial charge is 0.257 e. The number of carbonyl (C=O) groups excluding carboxylic acids is 1. The van der Waals surface area contributed by atoms with Gasteiger partial charge in [0.15, 0.2) is 0 Å². The summed E-state index contributed by atoms with van der Waals surface area (Å²) in [5.74, 6) is -0.0521. The van der Waals surface area contributed by atoms with Gasteiger partial charge in [-0.05, 0) is 53.7 Å². The fraction of sp³-hybridized carbons (Fsp3) is 0.389. The number of thiazole rings is 1. The predicted octanol–water partition coefficient (Wildman–Crippen LogP) is 4.30. The number of aromatic nitrogens is 1. The zero-order valence-corrected chi connectivity index (χ0v) is 18.6. The van der Waals surface area contributed by atoms with Crippen molar-refractivity contribution in [2.75, 3.05) is 7.05 Å². The van der Waals surface area contributed by atoms with E-state index in [0.717, 1.165) is 12.8 Å². The number of guanidine groups is 1. The molecule has 2 aromatic rings. The predicted molar refractivity (Wildman–Crippen MR) is 116 cm³/mol. The van der Waals surface area contributed by atoms with E-state index < -0.39 is 21.6 Å². The number of carbonyl (C=O) groups is 1. The van der Waals surface area contributed by atoms with E-state index >= 15 is 0 Å². The van der Waals surface area contributed by atoms with Crippen LogP contribution < -0.4 is 5.32 Å². The highest BCUT2D eigenvalue weighted by atomic mass is 79.9. The van der Waals surface area contributed by atoms with Gasteiger partial charge in [-0.15, -0.1) is 22.1 Å². The third-order valence-electron chi connectivity index (χ3n) is 5.15. The van der Waals surface area contributed by atoms with Gasteiger partial charge in [0.05, 0.1) is 0 Å². The van der Waals surface area contributed by atoms with Gasteiger partial charge in [0.1, 0.15) is 20.4 Å². The average molecular weight is 485 g/mol. The second-order valence-corrected chi connectivity index (χ2v) is 11.0. The summed E-state index contributed by atoms with van der Waals surface area (Å²) in [6, 6.07) is 8.77.